The normalized spacial score (nSPS) is 14.6. The second-order valence-electron chi connectivity index (χ2n) is 10.2. The van der Waals surface area contributed by atoms with E-state index < -0.39 is 0 Å². The number of benzene rings is 3. The fourth-order valence-corrected chi connectivity index (χ4v) is 4.97. The topological polar surface area (TPSA) is 35.6 Å². The summed E-state index contributed by atoms with van der Waals surface area (Å²) in [6, 6.07) is 22.7. The van der Waals surface area contributed by atoms with Crippen molar-refractivity contribution in [3.63, 3.8) is 0 Å². The molecule has 4 nitrogen and oxygen atoms in total. The molecule has 0 aromatic heterocycles. The van der Waals surface area contributed by atoms with Gasteiger partial charge in [0.1, 0.15) is 11.6 Å². The number of hydrogen-bond donors (Lipinski definition) is 1. The van der Waals surface area contributed by atoms with Gasteiger partial charge in [0, 0.05) is 26.2 Å². The highest BCUT2D eigenvalue weighted by Gasteiger charge is 2.31. The minimum absolute atomic E-state index is 0. The molecule has 1 heterocycles. The van der Waals surface area contributed by atoms with Gasteiger partial charge in [0.15, 0.2) is 0 Å². The summed E-state index contributed by atoms with van der Waals surface area (Å²) in [7, 11) is 0. The number of carbonyl (C=O) groups excluding carboxylic acids is 1. The van der Waals surface area contributed by atoms with Crippen molar-refractivity contribution in [3.05, 3.63) is 107 Å². The van der Waals surface area contributed by atoms with E-state index in [1.54, 1.807) is 24.3 Å². The van der Waals surface area contributed by atoms with E-state index in [4.69, 9.17) is 0 Å². The lowest BCUT2D eigenvalue weighted by molar-refractivity contribution is -0.135. The van der Waals surface area contributed by atoms with E-state index in [1.165, 1.54) is 24.3 Å². The zero-order chi connectivity index (χ0) is 26.2. The van der Waals surface area contributed by atoms with Crippen molar-refractivity contribution < 1.29 is 13.6 Å². The number of carbonyl (C=O) groups is 1. The van der Waals surface area contributed by atoms with Crippen molar-refractivity contribution in [1.29, 1.82) is 0 Å². The third-order valence-electron chi connectivity index (χ3n) is 7.06. The van der Waals surface area contributed by atoms with Crippen LogP contribution in [0.4, 0.5) is 8.78 Å². The van der Waals surface area contributed by atoms with E-state index >= 15 is 0 Å². The number of halogens is 4. The van der Waals surface area contributed by atoms with Crippen molar-refractivity contribution in [3.8, 4) is 0 Å². The number of hydrogen-bond acceptors (Lipinski definition) is 3. The van der Waals surface area contributed by atoms with Gasteiger partial charge in [-0.15, -0.1) is 24.8 Å². The molecule has 1 fully saturated rings. The van der Waals surface area contributed by atoms with Crippen LogP contribution in [0, 0.1) is 17.6 Å². The fourth-order valence-electron chi connectivity index (χ4n) is 4.97. The number of rotatable bonds is 10. The largest absolute Gasteiger partial charge is 0.339 e. The van der Waals surface area contributed by atoms with Crippen LogP contribution in [0.2, 0.25) is 0 Å². The Balaban J connectivity index is 0.00000267. The smallest absolute Gasteiger partial charge is 0.240 e. The van der Waals surface area contributed by atoms with Crippen LogP contribution in [0.5, 0.6) is 0 Å². The van der Waals surface area contributed by atoms with E-state index in [-0.39, 0.29) is 54.4 Å². The average molecular weight is 579 g/mol. The van der Waals surface area contributed by atoms with Crippen LogP contribution < -0.4 is 5.32 Å². The molecule has 1 aliphatic heterocycles. The minimum Gasteiger partial charge on any atom is -0.339 e. The molecule has 1 saturated heterocycles. The van der Waals surface area contributed by atoms with E-state index in [0.29, 0.717) is 38.5 Å². The Morgan fingerprint density at radius 3 is 1.79 bits per heavy atom. The maximum Gasteiger partial charge on any atom is 0.240 e. The lowest BCUT2D eigenvalue weighted by Gasteiger charge is -2.41. The Morgan fingerprint density at radius 2 is 1.31 bits per heavy atom. The average Bonchev–Trinajstić information content (AvgIpc) is 2.91. The fraction of sp³-hybridized carbons (Fsp3) is 0.387. The summed E-state index contributed by atoms with van der Waals surface area (Å²) in [5.41, 5.74) is 3.04. The van der Waals surface area contributed by atoms with E-state index in [9.17, 15) is 13.6 Å². The molecule has 3 aromatic rings. The van der Waals surface area contributed by atoms with Crippen LogP contribution >= 0.6 is 24.8 Å². The first kappa shape index (κ1) is 32.7. The monoisotopic (exact) mass is 577 g/mol. The number of nitrogens with one attached hydrogen (secondary N) is 1. The van der Waals surface area contributed by atoms with Gasteiger partial charge in [-0.25, -0.2) is 8.78 Å². The molecule has 3 aromatic carbocycles. The molecule has 1 aliphatic rings. The summed E-state index contributed by atoms with van der Waals surface area (Å²) < 4.78 is 27.3. The second kappa shape index (κ2) is 15.9. The van der Waals surface area contributed by atoms with Gasteiger partial charge in [0.25, 0.3) is 0 Å². The molecule has 1 N–H and O–H groups in total. The molecule has 4 rings (SSSR count). The van der Waals surface area contributed by atoms with Crippen molar-refractivity contribution in [2.75, 3.05) is 32.7 Å². The van der Waals surface area contributed by atoms with Gasteiger partial charge < -0.3 is 10.2 Å². The highest BCUT2D eigenvalue weighted by atomic mass is 35.5. The summed E-state index contributed by atoms with van der Waals surface area (Å²) in [5, 5.41) is 3.52. The lowest BCUT2D eigenvalue weighted by atomic mass is 9.96. The predicted octanol–water partition coefficient (Wildman–Crippen LogP) is 6.29. The van der Waals surface area contributed by atoms with Crippen molar-refractivity contribution in [1.82, 2.24) is 15.1 Å². The van der Waals surface area contributed by atoms with Gasteiger partial charge >= 0.3 is 0 Å². The zero-order valence-electron chi connectivity index (χ0n) is 22.6. The van der Waals surface area contributed by atoms with Gasteiger partial charge in [-0.3, -0.25) is 9.69 Å². The molecule has 1 amide bonds. The van der Waals surface area contributed by atoms with Crippen molar-refractivity contribution in [2.45, 2.75) is 38.8 Å². The standard InChI is InChI=1S/C31H37F2N3O.2ClH/c1-23(2)16-17-34-29(22-24-6-4-3-5-7-24)31(37)36-20-18-35(19-21-36)30(25-8-12-27(32)13-9-25)26-10-14-28(33)15-11-26;;/h3-15,23,29-30,34H,16-22H2,1-2H3;2*1H. The number of amides is 1. The highest BCUT2D eigenvalue weighted by Crippen LogP contribution is 2.30. The number of nitrogens with zero attached hydrogens (tertiary/aromatic N) is 2. The molecular formula is C31H39Cl2F2N3O. The van der Waals surface area contributed by atoms with Gasteiger partial charge in [0.2, 0.25) is 5.91 Å². The lowest BCUT2D eigenvalue weighted by Crippen LogP contribution is -2.55. The Bertz CT molecular complexity index is 1080. The third-order valence-corrected chi connectivity index (χ3v) is 7.06. The first-order valence-electron chi connectivity index (χ1n) is 13.2. The maximum atomic E-state index is 13.6. The first-order chi connectivity index (χ1) is 17.9. The summed E-state index contributed by atoms with van der Waals surface area (Å²) in [5.74, 6) is 0.128. The number of piperazine rings is 1. The molecule has 0 radical (unpaired) electrons. The molecule has 1 atom stereocenters. The van der Waals surface area contributed by atoms with Gasteiger partial charge in [0.05, 0.1) is 12.1 Å². The molecule has 0 spiro atoms. The zero-order valence-corrected chi connectivity index (χ0v) is 24.2. The van der Waals surface area contributed by atoms with E-state index in [1.807, 2.05) is 23.1 Å². The molecule has 0 aliphatic carbocycles. The van der Waals surface area contributed by atoms with Crippen LogP contribution in [0.1, 0.15) is 43.0 Å². The van der Waals surface area contributed by atoms with Crippen LogP contribution in [0.25, 0.3) is 0 Å². The summed E-state index contributed by atoms with van der Waals surface area (Å²) in [4.78, 5) is 17.9. The molecule has 8 heteroatoms. The summed E-state index contributed by atoms with van der Waals surface area (Å²) in [6.45, 7) is 7.74. The Hall–Kier alpha value is -2.51. The molecule has 212 valence electrons. The van der Waals surface area contributed by atoms with Gasteiger partial charge in [-0.1, -0.05) is 68.4 Å². The van der Waals surface area contributed by atoms with Crippen LogP contribution in [0.15, 0.2) is 78.9 Å². The summed E-state index contributed by atoms with van der Waals surface area (Å²) >= 11 is 0. The second-order valence-corrected chi connectivity index (χ2v) is 10.2. The van der Waals surface area contributed by atoms with Crippen molar-refractivity contribution in [2.24, 2.45) is 5.92 Å². The quantitative estimate of drug-likeness (QED) is 0.307. The Kier molecular flexibility index (Phi) is 13.4. The molecule has 1 unspecified atom stereocenters. The maximum absolute atomic E-state index is 13.6. The first-order valence-corrected chi connectivity index (χ1v) is 13.2. The molecular weight excluding hydrogens is 539 g/mol. The van der Waals surface area contributed by atoms with Gasteiger partial charge in [-0.05, 0) is 66.3 Å². The van der Waals surface area contributed by atoms with Crippen LogP contribution in [-0.2, 0) is 11.2 Å². The van der Waals surface area contributed by atoms with Crippen LogP contribution in [0.3, 0.4) is 0 Å². The van der Waals surface area contributed by atoms with Gasteiger partial charge in [-0.2, -0.15) is 0 Å². The summed E-state index contributed by atoms with van der Waals surface area (Å²) in [6.07, 6.45) is 1.68. The Labute approximate surface area is 243 Å². The minimum atomic E-state index is -0.286. The third kappa shape index (κ3) is 9.28. The SMILES string of the molecule is CC(C)CCNC(Cc1ccccc1)C(=O)N1CCN(C(c2ccc(F)cc2)c2ccc(F)cc2)CC1.Cl.Cl. The molecule has 0 saturated carbocycles. The highest BCUT2D eigenvalue weighted by molar-refractivity contribution is 5.85. The Morgan fingerprint density at radius 1 is 0.795 bits per heavy atom. The van der Waals surface area contributed by atoms with Crippen molar-refractivity contribution >= 4 is 30.7 Å². The van der Waals surface area contributed by atoms with Crippen LogP contribution in [-0.4, -0.2) is 54.5 Å². The van der Waals surface area contributed by atoms with E-state index in [2.05, 4.69) is 36.2 Å². The predicted molar refractivity (Wildman–Crippen MR) is 159 cm³/mol. The molecule has 0 bridgehead atoms. The van der Waals surface area contributed by atoms with E-state index in [0.717, 1.165) is 29.7 Å². The molecule has 39 heavy (non-hydrogen) atoms.